The molecule has 2 aliphatic rings. The van der Waals surface area contributed by atoms with Crippen LogP contribution >= 0.6 is 23.2 Å². The minimum Gasteiger partial charge on any atom is -0.486 e. The number of carbonyl (C=O) groups is 2. The number of nitrogens with one attached hydrogen (secondary N) is 1. The van der Waals surface area contributed by atoms with Crippen molar-refractivity contribution in [1.82, 2.24) is 20.1 Å². The molecule has 2 aromatic carbocycles. The number of hydrogen-bond acceptors (Lipinski definition) is 5. The maximum absolute atomic E-state index is 12.8. The third-order valence-corrected chi connectivity index (χ3v) is 7.91. The standard InChI is InChI=1S/C30H32Cl2N4O3/c31-26-9-8-21(14-27(26)32)15-29(37)36-19-24(20-36)39-28-7-2-1-6-25(28)22-16-23(18-33-17-22)30(38)34-10-5-13-35-11-3-4-12-35/h1-2,6-9,14,16-18,24H,3-5,10-13,15,19-20H2,(H,34,38). The summed E-state index contributed by atoms with van der Waals surface area (Å²) >= 11 is 12.0. The Kier molecular flexibility index (Phi) is 9.02. The number of amides is 2. The van der Waals surface area contributed by atoms with E-state index in [0.29, 0.717) is 41.0 Å². The third kappa shape index (κ3) is 7.10. The SMILES string of the molecule is O=C(NCCCN1CCCC1)c1cncc(-c2ccccc2OC2CN(C(=O)Cc3ccc(Cl)c(Cl)c3)C2)c1. The first-order chi connectivity index (χ1) is 19.0. The van der Waals surface area contributed by atoms with Gasteiger partial charge >= 0.3 is 0 Å². The van der Waals surface area contributed by atoms with E-state index in [1.54, 1.807) is 29.4 Å². The molecular formula is C30H32Cl2N4O3. The Hall–Kier alpha value is -3.13. The maximum Gasteiger partial charge on any atom is 0.252 e. The molecule has 3 aromatic rings. The minimum atomic E-state index is -0.126. The molecule has 1 N–H and O–H groups in total. The van der Waals surface area contributed by atoms with Crippen molar-refractivity contribution in [2.75, 3.05) is 39.3 Å². The normalized spacial score (nSPS) is 15.7. The largest absolute Gasteiger partial charge is 0.486 e. The number of hydrogen-bond donors (Lipinski definition) is 1. The van der Waals surface area contributed by atoms with Crippen molar-refractivity contribution in [3.8, 4) is 16.9 Å². The number of aromatic nitrogens is 1. The summed E-state index contributed by atoms with van der Waals surface area (Å²) in [5.41, 5.74) is 3.01. The molecule has 0 spiro atoms. The Bertz CT molecular complexity index is 1320. The number of nitrogens with zero attached hydrogens (tertiary/aromatic N) is 3. The summed E-state index contributed by atoms with van der Waals surface area (Å²) in [4.78, 5) is 34.0. The van der Waals surface area contributed by atoms with Gasteiger partial charge in [-0.2, -0.15) is 0 Å². The van der Waals surface area contributed by atoms with E-state index in [1.807, 2.05) is 36.4 Å². The van der Waals surface area contributed by atoms with E-state index >= 15 is 0 Å². The molecule has 0 unspecified atom stereocenters. The lowest BCUT2D eigenvalue weighted by Gasteiger charge is -2.39. The van der Waals surface area contributed by atoms with Crippen LogP contribution < -0.4 is 10.1 Å². The van der Waals surface area contributed by atoms with Crippen molar-refractivity contribution in [3.63, 3.8) is 0 Å². The molecular weight excluding hydrogens is 535 g/mol. The van der Waals surface area contributed by atoms with Crippen LogP contribution in [0.3, 0.4) is 0 Å². The van der Waals surface area contributed by atoms with Gasteiger partial charge in [0.05, 0.1) is 35.1 Å². The van der Waals surface area contributed by atoms with Crippen LogP contribution in [0, 0.1) is 0 Å². The van der Waals surface area contributed by atoms with Gasteiger partial charge in [0.2, 0.25) is 5.91 Å². The fourth-order valence-corrected chi connectivity index (χ4v) is 5.28. The van der Waals surface area contributed by atoms with E-state index in [9.17, 15) is 9.59 Å². The van der Waals surface area contributed by atoms with Gasteiger partial charge in [0.15, 0.2) is 0 Å². The van der Waals surface area contributed by atoms with Gasteiger partial charge in [-0.15, -0.1) is 0 Å². The lowest BCUT2D eigenvalue weighted by molar-refractivity contribution is -0.139. The van der Waals surface area contributed by atoms with Gasteiger partial charge in [-0.1, -0.05) is 47.5 Å². The summed E-state index contributed by atoms with van der Waals surface area (Å²) < 4.78 is 6.26. The average Bonchev–Trinajstić information content (AvgIpc) is 3.44. The van der Waals surface area contributed by atoms with E-state index in [0.717, 1.165) is 42.7 Å². The molecule has 5 rings (SSSR count). The van der Waals surface area contributed by atoms with E-state index in [-0.39, 0.29) is 24.3 Å². The van der Waals surface area contributed by atoms with E-state index < -0.39 is 0 Å². The first-order valence-corrected chi connectivity index (χ1v) is 14.2. The average molecular weight is 568 g/mol. The van der Waals surface area contributed by atoms with Crippen LogP contribution in [0.4, 0.5) is 0 Å². The van der Waals surface area contributed by atoms with Crippen LogP contribution in [0.25, 0.3) is 11.1 Å². The van der Waals surface area contributed by atoms with Gasteiger partial charge in [0, 0.05) is 30.1 Å². The topological polar surface area (TPSA) is 74.8 Å². The predicted molar refractivity (Wildman–Crippen MR) is 153 cm³/mol. The Morgan fingerprint density at radius 3 is 2.59 bits per heavy atom. The van der Waals surface area contributed by atoms with Crippen molar-refractivity contribution in [3.05, 3.63) is 82.1 Å². The maximum atomic E-state index is 12.8. The summed E-state index contributed by atoms with van der Waals surface area (Å²) in [6, 6.07) is 14.8. The Morgan fingerprint density at radius 2 is 1.79 bits per heavy atom. The minimum absolute atomic E-state index is 0.0184. The molecule has 2 saturated heterocycles. The summed E-state index contributed by atoms with van der Waals surface area (Å²) in [6.45, 7) is 4.99. The van der Waals surface area contributed by atoms with Crippen LogP contribution in [0.1, 0.15) is 35.2 Å². The third-order valence-electron chi connectivity index (χ3n) is 7.17. The van der Waals surface area contributed by atoms with Crippen LogP contribution in [-0.2, 0) is 11.2 Å². The predicted octanol–water partition coefficient (Wildman–Crippen LogP) is 5.10. The van der Waals surface area contributed by atoms with Gasteiger partial charge < -0.3 is 19.9 Å². The molecule has 0 atom stereocenters. The summed E-state index contributed by atoms with van der Waals surface area (Å²) in [7, 11) is 0. The van der Waals surface area contributed by atoms with Gasteiger partial charge in [0.25, 0.3) is 5.91 Å². The van der Waals surface area contributed by atoms with Crippen molar-refractivity contribution in [2.45, 2.75) is 31.8 Å². The van der Waals surface area contributed by atoms with Crippen LogP contribution in [0.15, 0.2) is 60.9 Å². The second-order valence-electron chi connectivity index (χ2n) is 10.1. The molecule has 0 aliphatic carbocycles. The number of pyridine rings is 1. The van der Waals surface area contributed by atoms with E-state index in [4.69, 9.17) is 27.9 Å². The highest BCUT2D eigenvalue weighted by Crippen LogP contribution is 2.32. The second kappa shape index (κ2) is 12.8. The fourth-order valence-electron chi connectivity index (χ4n) is 4.96. The van der Waals surface area contributed by atoms with E-state index in [1.165, 1.54) is 12.8 Å². The zero-order chi connectivity index (χ0) is 27.2. The number of halogens is 2. The lowest BCUT2D eigenvalue weighted by Crippen LogP contribution is -2.56. The van der Waals surface area contributed by atoms with Crippen molar-refractivity contribution in [1.29, 1.82) is 0 Å². The van der Waals surface area contributed by atoms with Gasteiger partial charge in [0.1, 0.15) is 11.9 Å². The highest BCUT2D eigenvalue weighted by molar-refractivity contribution is 6.42. The Morgan fingerprint density at radius 1 is 1.00 bits per heavy atom. The molecule has 39 heavy (non-hydrogen) atoms. The number of rotatable bonds is 10. The lowest BCUT2D eigenvalue weighted by atomic mass is 10.0. The van der Waals surface area contributed by atoms with Crippen molar-refractivity contribution in [2.24, 2.45) is 0 Å². The first kappa shape index (κ1) is 27.4. The number of likely N-dealkylation sites (tertiary alicyclic amines) is 2. The second-order valence-corrected chi connectivity index (χ2v) is 10.9. The highest BCUT2D eigenvalue weighted by atomic mass is 35.5. The smallest absolute Gasteiger partial charge is 0.252 e. The molecule has 7 nitrogen and oxygen atoms in total. The zero-order valence-corrected chi connectivity index (χ0v) is 23.3. The van der Waals surface area contributed by atoms with E-state index in [2.05, 4.69) is 15.2 Å². The fraction of sp³-hybridized carbons (Fsp3) is 0.367. The molecule has 0 radical (unpaired) electrons. The highest BCUT2D eigenvalue weighted by Gasteiger charge is 2.32. The summed E-state index contributed by atoms with van der Waals surface area (Å²) in [5, 5.41) is 3.93. The summed E-state index contributed by atoms with van der Waals surface area (Å²) in [6.07, 6.45) is 6.95. The molecule has 9 heteroatoms. The monoisotopic (exact) mass is 566 g/mol. The van der Waals surface area contributed by atoms with Gasteiger partial charge in [-0.25, -0.2) is 0 Å². The Labute approximate surface area is 239 Å². The van der Waals surface area contributed by atoms with Crippen molar-refractivity contribution < 1.29 is 14.3 Å². The molecule has 3 heterocycles. The first-order valence-electron chi connectivity index (χ1n) is 13.4. The van der Waals surface area contributed by atoms with Gasteiger partial charge in [-0.3, -0.25) is 14.6 Å². The molecule has 2 aliphatic heterocycles. The molecule has 0 saturated carbocycles. The van der Waals surface area contributed by atoms with Crippen LogP contribution in [0.5, 0.6) is 5.75 Å². The number of ether oxygens (including phenoxy) is 1. The molecule has 2 fully saturated rings. The molecule has 1 aromatic heterocycles. The molecule has 204 valence electrons. The van der Waals surface area contributed by atoms with Crippen LogP contribution in [-0.4, -0.2) is 72.0 Å². The summed E-state index contributed by atoms with van der Waals surface area (Å²) in [5.74, 6) is 0.591. The van der Waals surface area contributed by atoms with Gasteiger partial charge in [-0.05, 0) is 68.7 Å². The quantitative estimate of drug-likeness (QED) is 0.345. The number of benzene rings is 2. The molecule has 2 amide bonds. The Balaban J connectivity index is 1.15. The number of para-hydroxylation sites is 1. The zero-order valence-electron chi connectivity index (χ0n) is 21.7. The molecule has 0 bridgehead atoms. The number of carbonyl (C=O) groups excluding carboxylic acids is 2. The van der Waals surface area contributed by atoms with Crippen LogP contribution in [0.2, 0.25) is 10.0 Å². The van der Waals surface area contributed by atoms with Crippen molar-refractivity contribution >= 4 is 35.0 Å².